The van der Waals surface area contributed by atoms with Crippen LogP contribution in [0.5, 0.6) is 0 Å². The van der Waals surface area contributed by atoms with E-state index in [1.807, 2.05) is 13.0 Å². The summed E-state index contributed by atoms with van der Waals surface area (Å²) >= 11 is 0. The molecule has 0 aromatic carbocycles. The number of esters is 1. The molecule has 2 heterocycles. The fourth-order valence-electron chi connectivity index (χ4n) is 2.97. The van der Waals surface area contributed by atoms with Crippen LogP contribution < -0.4 is 5.73 Å². The van der Waals surface area contributed by atoms with Crippen molar-refractivity contribution in [2.45, 2.75) is 83.6 Å². The van der Waals surface area contributed by atoms with Crippen LogP contribution in [0.1, 0.15) is 52.7 Å². The molecule has 146 valence electrons. The molecule has 0 saturated carbocycles. The molecular formula is C19H32N2O4Si. The van der Waals surface area contributed by atoms with Gasteiger partial charge in [0.05, 0.1) is 24.1 Å². The van der Waals surface area contributed by atoms with Gasteiger partial charge in [0, 0.05) is 25.1 Å². The van der Waals surface area contributed by atoms with Gasteiger partial charge < -0.3 is 19.6 Å². The fourth-order valence-corrected chi connectivity index (χ4v) is 4.34. The molecule has 2 rings (SSSR count). The van der Waals surface area contributed by atoms with Crippen LogP contribution in [-0.4, -0.2) is 37.6 Å². The lowest BCUT2D eigenvalue weighted by atomic mass is 9.94. The first-order chi connectivity index (χ1) is 11.9. The van der Waals surface area contributed by atoms with Crippen LogP contribution in [0.15, 0.2) is 18.5 Å². The molecule has 0 radical (unpaired) electrons. The summed E-state index contributed by atoms with van der Waals surface area (Å²) in [5, 5.41) is 0.0554. The van der Waals surface area contributed by atoms with E-state index in [2.05, 4.69) is 38.8 Å². The summed E-state index contributed by atoms with van der Waals surface area (Å²) < 4.78 is 18.5. The van der Waals surface area contributed by atoms with Crippen molar-refractivity contribution < 1.29 is 18.7 Å². The maximum atomic E-state index is 11.7. The highest BCUT2D eigenvalue weighted by atomic mass is 28.4. The molecule has 0 aliphatic carbocycles. The molecule has 0 unspecified atom stereocenters. The first-order valence-corrected chi connectivity index (χ1v) is 12.0. The SMILES string of the molecule is CC(=O)O[C@H]1C[C@@H](c2ccncc2N)O[C@H](C)[C@H]1O[Si](C)(C)C(C)(C)C. The van der Waals surface area contributed by atoms with E-state index in [0.29, 0.717) is 12.1 Å². The molecule has 1 fully saturated rings. The molecule has 0 spiro atoms. The maximum absolute atomic E-state index is 11.7. The third-order valence-corrected chi connectivity index (χ3v) is 9.92. The minimum atomic E-state index is -2.05. The van der Waals surface area contributed by atoms with Crippen molar-refractivity contribution in [3.63, 3.8) is 0 Å². The summed E-state index contributed by atoms with van der Waals surface area (Å²) in [6.45, 7) is 14.4. The predicted octanol–water partition coefficient (Wildman–Crippen LogP) is 3.84. The summed E-state index contributed by atoms with van der Waals surface area (Å²) in [7, 11) is -2.05. The zero-order valence-electron chi connectivity index (χ0n) is 16.9. The van der Waals surface area contributed by atoms with E-state index in [4.69, 9.17) is 19.6 Å². The number of anilines is 1. The van der Waals surface area contributed by atoms with Crippen molar-refractivity contribution >= 4 is 20.0 Å². The third-order valence-electron chi connectivity index (χ3n) is 5.44. The third kappa shape index (κ3) is 4.63. The first kappa shape index (κ1) is 20.9. The second-order valence-corrected chi connectivity index (χ2v) is 13.3. The van der Waals surface area contributed by atoms with Gasteiger partial charge in [0.1, 0.15) is 12.2 Å². The monoisotopic (exact) mass is 380 g/mol. The molecule has 1 aromatic heterocycles. The number of ether oxygens (including phenoxy) is 2. The van der Waals surface area contributed by atoms with Crippen LogP contribution in [0.4, 0.5) is 5.69 Å². The number of hydrogen-bond acceptors (Lipinski definition) is 6. The quantitative estimate of drug-likeness (QED) is 0.631. The van der Waals surface area contributed by atoms with Crippen molar-refractivity contribution in [3.05, 3.63) is 24.0 Å². The van der Waals surface area contributed by atoms with Crippen LogP contribution in [0, 0.1) is 0 Å². The van der Waals surface area contributed by atoms with Gasteiger partial charge in [0.15, 0.2) is 8.32 Å². The molecule has 4 atom stereocenters. The van der Waals surface area contributed by atoms with E-state index >= 15 is 0 Å². The molecule has 1 aliphatic heterocycles. The number of rotatable bonds is 4. The molecule has 6 nitrogen and oxygen atoms in total. The Balaban J connectivity index is 2.27. The molecule has 1 aliphatic rings. The zero-order chi connectivity index (χ0) is 19.7. The summed E-state index contributed by atoms with van der Waals surface area (Å²) in [4.78, 5) is 15.7. The van der Waals surface area contributed by atoms with Gasteiger partial charge in [-0.1, -0.05) is 20.8 Å². The second-order valence-electron chi connectivity index (χ2n) is 8.56. The van der Waals surface area contributed by atoms with E-state index in [9.17, 15) is 4.79 Å². The minimum Gasteiger partial charge on any atom is -0.460 e. The van der Waals surface area contributed by atoms with Gasteiger partial charge in [-0.15, -0.1) is 0 Å². The Morgan fingerprint density at radius 3 is 2.58 bits per heavy atom. The number of carbonyl (C=O) groups is 1. The van der Waals surface area contributed by atoms with Crippen molar-refractivity contribution in [2.75, 3.05) is 5.73 Å². The second kappa shape index (κ2) is 7.66. The number of aromatic nitrogens is 1. The molecule has 2 N–H and O–H groups in total. The van der Waals surface area contributed by atoms with E-state index < -0.39 is 8.32 Å². The Morgan fingerprint density at radius 1 is 1.38 bits per heavy atom. The van der Waals surface area contributed by atoms with Gasteiger partial charge in [-0.25, -0.2) is 0 Å². The number of nitrogen functional groups attached to an aromatic ring is 1. The molecule has 1 saturated heterocycles. The average molecular weight is 381 g/mol. The Bertz CT molecular complexity index is 645. The molecule has 1 aromatic rings. The Hall–Kier alpha value is -1.44. The highest BCUT2D eigenvalue weighted by molar-refractivity contribution is 6.74. The molecule has 7 heteroatoms. The van der Waals surface area contributed by atoms with Crippen LogP contribution in [0.25, 0.3) is 0 Å². The summed E-state index contributed by atoms with van der Waals surface area (Å²) in [6, 6.07) is 1.85. The summed E-state index contributed by atoms with van der Waals surface area (Å²) in [5.41, 5.74) is 7.51. The molecular weight excluding hydrogens is 348 g/mol. The zero-order valence-corrected chi connectivity index (χ0v) is 17.9. The topological polar surface area (TPSA) is 83.7 Å². The first-order valence-electron chi connectivity index (χ1n) is 9.12. The number of hydrogen-bond donors (Lipinski definition) is 1. The normalized spacial score (nSPS) is 27.2. The maximum Gasteiger partial charge on any atom is 0.302 e. The Kier molecular flexibility index (Phi) is 6.15. The minimum absolute atomic E-state index is 0.0554. The highest BCUT2D eigenvalue weighted by Gasteiger charge is 2.46. The van der Waals surface area contributed by atoms with E-state index in [1.54, 1.807) is 12.4 Å². The van der Waals surface area contributed by atoms with Crippen LogP contribution in [-0.2, 0) is 18.7 Å². The summed E-state index contributed by atoms with van der Waals surface area (Å²) in [5.74, 6) is -0.311. The molecule has 26 heavy (non-hydrogen) atoms. The Labute approximate surface area is 157 Å². The predicted molar refractivity (Wildman–Crippen MR) is 104 cm³/mol. The van der Waals surface area contributed by atoms with E-state index in [1.165, 1.54) is 6.92 Å². The van der Waals surface area contributed by atoms with Crippen LogP contribution >= 0.6 is 0 Å². The van der Waals surface area contributed by atoms with Crippen LogP contribution in [0.2, 0.25) is 18.1 Å². The van der Waals surface area contributed by atoms with E-state index in [-0.39, 0.29) is 35.4 Å². The largest absolute Gasteiger partial charge is 0.460 e. The number of nitrogens with two attached hydrogens (primary N) is 1. The van der Waals surface area contributed by atoms with Crippen molar-refractivity contribution in [3.8, 4) is 0 Å². The number of nitrogens with zero attached hydrogens (tertiary/aromatic N) is 1. The molecule has 0 bridgehead atoms. The van der Waals surface area contributed by atoms with Crippen LogP contribution in [0.3, 0.4) is 0 Å². The fraction of sp³-hybridized carbons (Fsp3) is 0.684. The molecule has 0 amide bonds. The average Bonchev–Trinajstić information content (AvgIpc) is 2.49. The van der Waals surface area contributed by atoms with Gasteiger partial charge in [-0.3, -0.25) is 9.78 Å². The van der Waals surface area contributed by atoms with Gasteiger partial charge in [-0.05, 0) is 31.1 Å². The lowest BCUT2D eigenvalue weighted by molar-refractivity contribution is -0.185. The number of carbonyl (C=O) groups excluding carboxylic acids is 1. The van der Waals surface area contributed by atoms with Gasteiger partial charge in [0.2, 0.25) is 0 Å². The van der Waals surface area contributed by atoms with Gasteiger partial charge in [-0.2, -0.15) is 0 Å². The van der Waals surface area contributed by atoms with Crippen molar-refractivity contribution in [1.82, 2.24) is 4.98 Å². The standard InChI is InChI=1S/C19H32N2O4Si/c1-12-18(25-26(6,7)19(3,4)5)17(24-13(2)22)10-16(23-12)14-8-9-21-11-15(14)20/h8-9,11-12,16-18H,10,20H2,1-7H3/t12-,16+,17+,18-/m1/s1. The van der Waals surface area contributed by atoms with Gasteiger partial charge >= 0.3 is 5.97 Å². The van der Waals surface area contributed by atoms with Gasteiger partial charge in [0.25, 0.3) is 0 Å². The highest BCUT2D eigenvalue weighted by Crippen LogP contribution is 2.42. The van der Waals surface area contributed by atoms with Crippen molar-refractivity contribution in [2.24, 2.45) is 0 Å². The number of pyridine rings is 1. The Morgan fingerprint density at radius 2 is 2.04 bits per heavy atom. The summed E-state index contributed by atoms with van der Waals surface area (Å²) in [6.07, 6.45) is 2.68. The van der Waals surface area contributed by atoms with Crippen molar-refractivity contribution in [1.29, 1.82) is 0 Å². The lowest BCUT2D eigenvalue weighted by Crippen LogP contribution is -2.54. The smallest absolute Gasteiger partial charge is 0.302 e. The lowest BCUT2D eigenvalue weighted by Gasteiger charge is -2.46. The van der Waals surface area contributed by atoms with E-state index in [0.717, 1.165) is 5.56 Å².